The lowest BCUT2D eigenvalue weighted by molar-refractivity contribution is 0.207. The van der Waals surface area contributed by atoms with Gasteiger partial charge in [-0.25, -0.2) is 4.98 Å². The van der Waals surface area contributed by atoms with Crippen LogP contribution in [0.1, 0.15) is 25.8 Å². The van der Waals surface area contributed by atoms with Crippen molar-refractivity contribution in [2.45, 2.75) is 26.4 Å². The quantitative estimate of drug-likeness (QED) is 0.192. The second-order valence-electron chi connectivity index (χ2n) is 8.66. The molecule has 0 amide bonds. The molecule has 0 fully saturated rings. The summed E-state index contributed by atoms with van der Waals surface area (Å²) < 4.78 is 25.4. The van der Waals surface area contributed by atoms with Crippen LogP contribution in [-0.2, 0) is 0 Å². The van der Waals surface area contributed by atoms with Crippen molar-refractivity contribution in [3.05, 3.63) is 81.1 Å². The van der Waals surface area contributed by atoms with Gasteiger partial charge in [-0.1, -0.05) is 41.1 Å². The van der Waals surface area contributed by atoms with E-state index in [0.29, 0.717) is 45.1 Å². The molecule has 0 saturated carbocycles. The number of nitrogens with zero attached hydrogens (tertiary/aromatic N) is 3. The smallest absolute Gasteiger partial charge is 0.282 e. The number of furan rings is 1. The van der Waals surface area contributed by atoms with Crippen LogP contribution in [0.5, 0.6) is 17.2 Å². The molecule has 0 aliphatic carbocycles. The van der Waals surface area contributed by atoms with E-state index in [-0.39, 0.29) is 17.5 Å². The topological polar surface area (TPSA) is 88.1 Å². The van der Waals surface area contributed by atoms with Crippen LogP contribution >= 0.6 is 15.9 Å². The summed E-state index contributed by atoms with van der Waals surface area (Å²) in [7, 11) is 3.18. The zero-order valence-corrected chi connectivity index (χ0v) is 23.0. The fraction of sp³-hybridized carbons (Fsp3) is 0.207. The van der Waals surface area contributed by atoms with E-state index in [4.69, 9.17) is 23.6 Å². The summed E-state index contributed by atoms with van der Waals surface area (Å²) in [5, 5.41) is 5.80. The number of para-hydroxylation sites is 1. The number of benzene rings is 3. The standard InChI is InChI=1S/C29H26BrN3O5/c1-5-17(2)37-27-18(13-19(30)14-25(27)36-4)16-31-33-28(32-22-10-7-6-9-20(22)29(33)34)26-15-21-23(35-3)11-8-12-24(21)38-26/h6-17H,5H2,1-4H3/t17-/m0/s1. The molecule has 8 nitrogen and oxygen atoms in total. The summed E-state index contributed by atoms with van der Waals surface area (Å²) in [6.07, 6.45) is 2.32. The summed E-state index contributed by atoms with van der Waals surface area (Å²) in [4.78, 5) is 18.4. The molecule has 5 aromatic rings. The molecule has 0 unspecified atom stereocenters. The minimum atomic E-state index is -0.333. The van der Waals surface area contributed by atoms with Gasteiger partial charge < -0.3 is 18.6 Å². The van der Waals surface area contributed by atoms with Crippen LogP contribution in [0.4, 0.5) is 0 Å². The van der Waals surface area contributed by atoms with Crippen molar-refractivity contribution < 1.29 is 18.6 Å². The summed E-state index contributed by atoms with van der Waals surface area (Å²) in [5.41, 5.74) is 1.45. The molecule has 3 aromatic carbocycles. The van der Waals surface area contributed by atoms with Gasteiger partial charge in [0.05, 0.1) is 42.8 Å². The van der Waals surface area contributed by atoms with Crippen molar-refractivity contribution in [2.75, 3.05) is 14.2 Å². The zero-order valence-electron chi connectivity index (χ0n) is 21.4. The highest BCUT2D eigenvalue weighted by Crippen LogP contribution is 2.36. The second kappa shape index (κ2) is 10.7. The van der Waals surface area contributed by atoms with Gasteiger partial charge >= 0.3 is 0 Å². The first-order valence-corrected chi connectivity index (χ1v) is 12.9. The number of aromatic nitrogens is 2. The molecule has 5 rings (SSSR count). The van der Waals surface area contributed by atoms with E-state index in [2.05, 4.69) is 21.0 Å². The third-order valence-corrected chi connectivity index (χ3v) is 6.65. The van der Waals surface area contributed by atoms with E-state index in [0.717, 1.165) is 16.3 Å². The molecular weight excluding hydrogens is 550 g/mol. The van der Waals surface area contributed by atoms with Crippen molar-refractivity contribution in [2.24, 2.45) is 5.10 Å². The highest BCUT2D eigenvalue weighted by Gasteiger charge is 2.19. The predicted octanol–water partition coefficient (Wildman–Crippen LogP) is 6.65. The molecule has 0 bridgehead atoms. The van der Waals surface area contributed by atoms with Crippen LogP contribution in [0.3, 0.4) is 0 Å². The van der Waals surface area contributed by atoms with E-state index in [1.807, 2.05) is 50.2 Å². The van der Waals surface area contributed by atoms with Crippen LogP contribution in [0.15, 0.2) is 79.4 Å². The van der Waals surface area contributed by atoms with Crippen molar-refractivity contribution >= 4 is 44.0 Å². The molecule has 0 radical (unpaired) electrons. The maximum atomic E-state index is 13.7. The van der Waals surface area contributed by atoms with Crippen molar-refractivity contribution in [3.63, 3.8) is 0 Å². The van der Waals surface area contributed by atoms with Crippen LogP contribution in [0, 0.1) is 0 Å². The average Bonchev–Trinajstić information content (AvgIpc) is 3.37. The maximum absolute atomic E-state index is 13.7. The summed E-state index contributed by atoms with van der Waals surface area (Å²) in [5.74, 6) is 2.38. The summed E-state index contributed by atoms with van der Waals surface area (Å²) >= 11 is 3.52. The normalized spacial score (nSPS) is 12.3. The van der Waals surface area contributed by atoms with Crippen molar-refractivity contribution in [1.29, 1.82) is 0 Å². The number of ether oxygens (including phenoxy) is 3. The van der Waals surface area contributed by atoms with E-state index in [1.165, 1.54) is 4.68 Å². The van der Waals surface area contributed by atoms with E-state index < -0.39 is 0 Å². The molecule has 0 N–H and O–H groups in total. The van der Waals surface area contributed by atoms with Gasteiger partial charge in [-0.05, 0) is 55.8 Å². The SMILES string of the molecule is CC[C@H](C)Oc1c(C=Nn2c(-c3cc4c(OC)cccc4o3)nc3ccccc3c2=O)cc(Br)cc1OC. The third-order valence-electron chi connectivity index (χ3n) is 6.19. The van der Waals surface area contributed by atoms with Gasteiger partial charge in [0.25, 0.3) is 5.56 Å². The molecule has 194 valence electrons. The molecule has 0 spiro atoms. The lowest BCUT2D eigenvalue weighted by Crippen LogP contribution is -2.20. The van der Waals surface area contributed by atoms with E-state index in [1.54, 1.807) is 44.7 Å². The highest BCUT2D eigenvalue weighted by molar-refractivity contribution is 9.10. The number of halogens is 1. The summed E-state index contributed by atoms with van der Waals surface area (Å²) in [6.45, 7) is 4.02. The molecular formula is C29H26BrN3O5. The zero-order chi connectivity index (χ0) is 26.8. The molecule has 0 saturated heterocycles. The largest absolute Gasteiger partial charge is 0.496 e. The van der Waals surface area contributed by atoms with Gasteiger partial charge in [0.1, 0.15) is 11.3 Å². The van der Waals surface area contributed by atoms with Crippen LogP contribution in [-0.4, -0.2) is 36.2 Å². The van der Waals surface area contributed by atoms with Crippen LogP contribution < -0.4 is 19.8 Å². The van der Waals surface area contributed by atoms with Gasteiger partial charge in [-0.15, -0.1) is 0 Å². The van der Waals surface area contributed by atoms with Gasteiger partial charge in [0.2, 0.25) is 5.82 Å². The van der Waals surface area contributed by atoms with Crippen molar-refractivity contribution in [1.82, 2.24) is 9.66 Å². The molecule has 9 heteroatoms. The molecule has 2 aromatic heterocycles. The Morgan fingerprint density at radius 1 is 1.05 bits per heavy atom. The third kappa shape index (κ3) is 4.77. The number of rotatable bonds is 8. The fourth-order valence-corrected chi connectivity index (χ4v) is 4.53. The Labute approximate surface area is 227 Å². The van der Waals surface area contributed by atoms with Gasteiger partial charge in [-0.2, -0.15) is 9.78 Å². The van der Waals surface area contributed by atoms with E-state index in [9.17, 15) is 4.79 Å². The van der Waals surface area contributed by atoms with Crippen molar-refractivity contribution in [3.8, 4) is 28.8 Å². The first kappa shape index (κ1) is 25.5. The molecule has 1 atom stereocenters. The number of hydrogen-bond donors (Lipinski definition) is 0. The van der Waals surface area contributed by atoms with Gasteiger partial charge in [0, 0.05) is 10.0 Å². The molecule has 0 aliphatic heterocycles. The number of methoxy groups -OCH3 is 2. The second-order valence-corrected chi connectivity index (χ2v) is 9.58. The van der Waals surface area contributed by atoms with Crippen LogP contribution in [0.2, 0.25) is 0 Å². The first-order chi connectivity index (χ1) is 18.4. The Morgan fingerprint density at radius 2 is 1.84 bits per heavy atom. The van der Waals surface area contributed by atoms with Gasteiger partial charge in [-0.3, -0.25) is 4.79 Å². The number of fused-ring (bicyclic) bond motifs is 2. The average molecular weight is 576 g/mol. The Bertz CT molecular complexity index is 1720. The maximum Gasteiger partial charge on any atom is 0.282 e. The Balaban J connectivity index is 1.72. The van der Waals surface area contributed by atoms with E-state index >= 15 is 0 Å². The lowest BCUT2D eigenvalue weighted by atomic mass is 10.2. The van der Waals surface area contributed by atoms with Crippen LogP contribution in [0.25, 0.3) is 33.5 Å². The minimum Gasteiger partial charge on any atom is -0.496 e. The Morgan fingerprint density at radius 3 is 2.61 bits per heavy atom. The Kier molecular flexibility index (Phi) is 7.20. The lowest BCUT2D eigenvalue weighted by Gasteiger charge is -2.18. The predicted molar refractivity (Wildman–Crippen MR) is 152 cm³/mol. The summed E-state index contributed by atoms with van der Waals surface area (Å²) in [6, 6.07) is 18.1. The molecule has 38 heavy (non-hydrogen) atoms. The number of hydrogen-bond acceptors (Lipinski definition) is 7. The first-order valence-electron chi connectivity index (χ1n) is 12.1. The molecule has 0 aliphatic rings. The fourth-order valence-electron chi connectivity index (χ4n) is 4.08. The monoisotopic (exact) mass is 575 g/mol. The minimum absolute atomic E-state index is 0.0524. The molecule has 2 heterocycles. The van der Waals surface area contributed by atoms with Gasteiger partial charge in [0.15, 0.2) is 17.3 Å². The Hall–Kier alpha value is -4.11. The highest BCUT2D eigenvalue weighted by atomic mass is 79.9.